The number of rotatable bonds is 5. The van der Waals surface area contributed by atoms with Gasteiger partial charge in [0.15, 0.2) is 0 Å². The first-order valence-electron chi connectivity index (χ1n) is 6.99. The van der Waals surface area contributed by atoms with Crippen LogP contribution in [0.2, 0.25) is 0 Å². The van der Waals surface area contributed by atoms with Crippen LogP contribution >= 0.6 is 0 Å². The first kappa shape index (κ1) is 16.0. The molecule has 2 amide bonds. The summed E-state index contributed by atoms with van der Waals surface area (Å²) in [6.45, 7) is 3.86. The number of anilines is 1. The second-order valence-corrected chi connectivity index (χ2v) is 5.18. The zero-order chi connectivity index (χ0) is 16.1. The highest BCUT2D eigenvalue weighted by atomic mass is 19.1. The molecule has 1 heterocycles. The third-order valence-corrected chi connectivity index (χ3v) is 3.11. The fourth-order valence-corrected chi connectivity index (χ4v) is 1.90. The number of nitrogens with one attached hydrogen (secondary N) is 2. The normalized spacial score (nSPS) is 12.2. The Hall–Kier alpha value is -2.41. The van der Waals surface area contributed by atoms with Gasteiger partial charge in [-0.2, -0.15) is 5.10 Å². The van der Waals surface area contributed by atoms with E-state index in [-0.39, 0.29) is 18.2 Å². The Morgan fingerprint density at radius 3 is 2.77 bits per heavy atom. The Bertz CT molecular complexity index is 642. The highest BCUT2D eigenvalue weighted by Gasteiger charge is 2.13. The van der Waals surface area contributed by atoms with Gasteiger partial charge >= 0.3 is 6.03 Å². The van der Waals surface area contributed by atoms with Gasteiger partial charge in [0.25, 0.3) is 0 Å². The highest BCUT2D eigenvalue weighted by Crippen LogP contribution is 2.15. The van der Waals surface area contributed by atoms with Crippen LogP contribution in [-0.2, 0) is 0 Å². The lowest BCUT2D eigenvalue weighted by Crippen LogP contribution is -2.32. The van der Waals surface area contributed by atoms with E-state index in [1.807, 2.05) is 13.8 Å². The van der Waals surface area contributed by atoms with Crippen molar-refractivity contribution in [2.24, 2.45) is 0 Å². The minimum absolute atomic E-state index is 0.0922. The summed E-state index contributed by atoms with van der Waals surface area (Å²) in [6.07, 6.45) is 2.13. The van der Waals surface area contributed by atoms with Gasteiger partial charge in [0, 0.05) is 24.3 Å². The number of carbonyl (C=O) groups is 1. The molecule has 0 saturated heterocycles. The van der Waals surface area contributed by atoms with Crippen LogP contribution in [-0.4, -0.2) is 27.5 Å². The van der Waals surface area contributed by atoms with E-state index < -0.39 is 18.0 Å². The zero-order valence-electron chi connectivity index (χ0n) is 12.5. The Morgan fingerprint density at radius 2 is 2.14 bits per heavy atom. The smallest absolute Gasteiger partial charge is 0.319 e. The molecular weight excluding hydrogens is 287 g/mol. The van der Waals surface area contributed by atoms with Crippen LogP contribution in [0, 0.1) is 5.82 Å². The number of amides is 2. The standard InChI is InChI=1S/C15H19FN4O2/c1-10(2)20-9-11(7-18-20)19-15(22)17-8-14(21)12-5-3-4-6-13(12)16/h3-7,9-10,14,21H,8H2,1-2H3,(H2,17,19,22). The van der Waals surface area contributed by atoms with Gasteiger partial charge in [-0.05, 0) is 19.9 Å². The van der Waals surface area contributed by atoms with Crippen LogP contribution in [0.15, 0.2) is 36.7 Å². The van der Waals surface area contributed by atoms with Crippen LogP contribution in [0.1, 0.15) is 31.6 Å². The Labute approximate surface area is 128 Å². The van der Waals surface area contributed by atoms with Crippen LogP contribution < -0.4 is 10.6 Å². The molecule has 1 aromatic carbocycles. The second-order valence-electron chi connectivity index (χ2n) is 5.18. The van der Waals surface area contributed by atoms with Gasteiger partial charge in [-0.25, -0.2) is 9.18 Å². The van der Waals surface area contributed by atoms with E-state index in [9.17, 15) is 14.3 Å². The van der Waals surface area contributed by atoms with E-state index in [1.165, 1.54) is 24.4 Å². The van der Waals surface area contributed by atoms with Crippen molar-refractivity contribution >= 4 is 11.7 Å². The lowest BCUT2D eigenvalue weighted by molar-refractivity contribution is 0.170. The number of nitrogens with zero attached hydrogens (tertiary/aromatic N) is 2. The number of hydrogen-bond donors (Lipinski definition) is 3. The number of aliphatic hydroxyl groups excluding tert-OH is 1. The number of aromatic nitrogens is 2. The maximum atomic E-state index is 13.5. The average Bonchev–Trinajstić information content (AvgIpc) is 2.94. The molecule has 0 spiro atoms. The van der Waals surface area contributed by atoms with Crippen molar-refractivity contribution in [2.75, 3.05) is 11.9 Å². The Kier molecular flexibility index (Phi) is 5.11. The Balaban J connectivity index is 1.86. The van der Waals surface area contributed by atoms with Crippen LogP contribution in [0.5, 0.6) is 0 Å². The van der Waals surface area contributed by atoms with Gasteiger partial charge in [0.1, 0.15) is 5.82 Å². The van der Waals surface area contributed by atoms with Crippen LogP contribution in [0.25, 0.3) is 0 Å². The fraction of sp³-hybridized carbons (Fsp3) is 0.333. The maximum absolute atomic E-state index is 13.5. The molecule has 0 aliphatic rings. The van der Waals surface area contributed by atoms with Gasteiger partial charge in [-0.3, -0.25) is 4.68 Å². The lowest BCUT2D eigenvalue weighted by atomic mass is 10.1. The number of aliphatic hydroxyl groups is 1. The third kappa shape index (κ3) is 4.05. The summed E-state index contributed by atoms with van der Waals surface area (Å²) in [4.78, 5) is 11.7. The number of hydrogen-bond acceptors (Lipinski definition) is 3. The molecule has 118 valence electrons. The minimum Gasteiger partial charge on any atom is -0.386 e. The van der Waals surface area contributed by atoms with Crippen LogP contribution in [0.4, 0.5) is 14.9 Å². The predicted molar refractivity (Wildman–Crippen MR) is 81.0 cm³/mol. The van der Waals surface area contributed by atoms with Crippen molar-refractivity contribution in [2.45, 2.75) is 26.0 Å². The number of carbonyl (C=O) groups excluding carboxylic acids is 1. The molecule has 7 heteroatoms. The largest absolute Gasteiger partial charge is 0.386 e. The van der Waals surface area contributed by atoms with Gasteiger partial charge in [0.05, 0.1) is 18.0 Å². The van der Waals surface area contributed by atoms with Crippen molar-refractivity contribution in [3.63, 3.8) is 0 Å². The van der Waals surface area contributed by atoms with Gasteiger partial charge in [0.2, 0.25) is 0 Å². The summed E-state index contributed by atoms with van der Waals surface area (Å²) in [6, 6.07) is 5.62. The molecule has 0 aliphatic carbocycles. The highest BCUT2D eigenvalue weighted by molar-refractivity contribution is 5.88. The molecule has 2 rings (SSSR count). The minimum atomic E-state index is -1.11. The molecule has 0 aliphatic heterocycles. The fourth-order valence-electron chi connectivity index (χ4n) is 1.90. The van der Waals surface area contributed by atoms with Crippen molar-refractivity contribution < 1.29 is 14.3 Å². The first-order chi connectivity index (χ1) is 10.5. The van der Waals surface area contributed by atoms with E-state index in [4.69, 9.17) is 0 Å². The summed E-state index contributed by atoms with van der Waals surface area (Å²) in [5.41, 5.74) is 0.696. The van der Waals surface area contributed by atoms with Crippen molar-refractivity contribution in [3.8, 4) is 0 Å². The number of urea groups is 1. The SMILES string of the molecule is CC(C)n1cc(NC(=O)NCC(O)c2ccccc2F)cn1. The second kappa shape index (κ2) is 7.04. The maximum Gasteiger partial charge on any atom is 0.319 e. The van der Waals surface area contributed by atoms with E-state index in [1.54, 1.807) is 16.9 Å². The molecule has 22 heavy (non-hydrogen) atoms. The molecule has 1 aromatic heterocycles. The van der Waals surface area contributed by atoms with E-state index >= 15 is 0 Å². The quantitative estimate of drug-likeness (QED) is 0.794. The lowest BCUT2D eigenvalue weighted by Gasteiger charge is -2.13. The van der Waals surface area contributed by atoms with Crippen molar-refractivity contribution in [3.05, 3.63) is 48.0 Å². The van der Waals surface area contributed by atoms with E-state index in [0.29, 0.717) is 5.69 Å². The predicted octanol–water partition coefficient (Wildman–Crippen LogP) is 2.46. The monoisotopic (exact) mass is 306 g/mol. The first-order valence-corrected chi connectivity index (χ1v) is 6.99. The summed E-state index contributed by atoms with van der Waals surface area (Å²) in [5.74, 6) is -0.504. The molecule has 1 unspecified atom stereocenters. The van der Waals surface area contributed by atoms with Gasteiger partial charge in [-0.15, -0.1) is 0 Å². The molecule has 2 aromatic rings. The molecule has 0 radical (unpaired) electrons. The third-order valence-electron chi connectivity index (χ3n) is 3.11. The molecule has 3 N–H and O–H groups in total. The average molecular weight is 306 g/mol. The zero-order valence-corrected chi connectivity index (χ0v) is 12.5. The summed E-state index contributed by atoms with van der Waals surface area (Å²) in [7, 11) is 0. The van der Waals surface area contributed by atoms with E-state index in [2.05, 4.69) is 15.7 Å². The van der Waals surface area contributed by atoms with Gasteiger partial charge in [-0.1, -0.05) is 18.2 Å². The topological polar surface area (TPSA) is 79.2 Å². The Morgan fingerprint density at radius 1 is 1.41 bits per heavy atom. The van der Waals surface area contributed by atoms with Crippen molar-refractivity contribution in [1.82, 2.24) is 15.1 Å². The number of benzene rings is 1. The molecule has 0 fully saturated rings. The summed E-state index contributed by atoms with van der Waals surface area (Å²) in [5, 5.41) is 19.1. The molecule has 1 atom stereocenters. The van der Waals surface area contributed by atoms with Crippen LogP contribution in [0.3, 0.4) is 0 Å². The molecule has 6 nitrogen and oxygen atoms in total. The molecule has 0 saturated carbocycles. The van der Waals surface area contributed by atoms with Gasteiger partial charge < -0.3 is 15.7 Å². The number of halogens is 1. The molecular formula is C15H19FN4O2. The summed E-state index contributed by atoms with van der Waals surface area (Å²) >= 11 is 0. The summed E-state index contributed by atoms with van der Waals surface area (Å²) < 4.78 is 15.2. The van der Waals surface area contributed by atoms with E-state index in [0.717, 1.165) is 0 Å². The molecule has 0 bridgehead atoms. The van der Waals surface area contributed by atoms with Crippen molar-refractivity contribution in [1.29, 1.82) is 0 Å².